The van der Waals surface area contributed by atoms with E-state index < -0.39 is 0 Å². The quantitative estimate of drug-likeness (QED) is 0.474. The van der Waals surface area contributed by atoms with Crippen molar-refractivity contribution in [2.45, 2.75) is 0 Å². The third kappa shape index (κ3) is 5.42. The summed E-state index contributed by atoms with van der Waals surface area (Å²) in [5.74, 6) is -0.0833. The fourth-order valence-corrected chi connectivity index (χ4v) is 1.62. The molecular formula is C16H14FeN2O2. The zero-order valence-electron chi connectivity index (χ0n) is 11.3. The molecule has 0 atom stereocenters. The van der Waals surface area contributed by atoms with Crippen LogP contribution in [-0.4, -0.2) is 25.5 Å². The van der Waals surface area contributed by atoms with E-state index in [2.05, 4.69) is 9.98 Å². The van der Waals surface area contributed by atoms with E-state index in [4.69, 9.17) is 0 Å². The minimum Gasteiger partial charge on any atom is -0.872 e. The van der Waals surface area contributed by atoms with Crippen molar-refractivity contribution in [2.75, 3.05) is 13.1 Å². The van der Waals surface area contributed by atoms with Crippen LogP contribution in [0.15, 0.2) is 58.5 Å². The van der Waals surface area contributed by atoms with Gasteiger partial charge in [-0.2, -0.15) is 0 Å². The second-order valence-corrected chi connectivity index (χ2v) is 4.15. The Bertz CT molecular complexity index is 572. The van der Waals surface area contributed by atoms with E-state index in [0.29, 0.717) is 24.2 Å². The van der Waals surface area contributed by atoms with Crippen molar-refractivity contribution < 1.29 is 27.3 Å². The first-order valence-corrected chi connectivity index (χ1v) is 6.29. The van der Waals surface area contributed by atoms with Gasteiger partial charge in [0.1, 0.15) is 0 Å². The molecule has 0 aliphatic rings. The molecule has 0 saturated heterocycles. The molecule has 2 aromatic carbocycles. The normalized spacial score (nSPS) is 10.9. The average Bonchev–Trinajstić information content (AvgIpc) is 2.46. The van der Waals surface area contributed by atoms with Gasteiger partial charge >= 0.3 is 17.1 Å². The Kier molecular flexibility index (Phi) is 7.22. The number of rotatable bonds is 5. The molecular weight excluding hydrogens is 308 g/mol. The van der Waals surface area contributed by atoms with Crippen LogP contribution in [0.3, 0.4) is 0 Å². The van der Waals surface area contributed by atoms with Crippen LogP contribution in [0.25, 0.3) is 0 Å². The van der Waals surface area contributed by atoms with Crippen LogP contribution in [0.4, 0.5) is 0 Å². The van der Waals surface area contributed by atoms with Gasteiger partial charge in [0.15, 0.2) is 0 Å². The molecule has 0 aliphatic heterocycles. The van der Waals surface area contributed by atoms with E-state index >= 15 is 0 Å². The van der Waals surface area contributed by atoms with Gasteiger partial charge < -0.3 is 10.2 Å². The van der Waals surface area contributed by atoms with Gasteiger partial charge in [0, 0.05) is 12.4 Å². The van der Waals surface area contributed by atoms with E-state index in [-0.39, 0.29) is 28.6 Å². The minimum absolute atomic E-state index is 0. The molecule has 0 N–H and O–H groups in total. The fourth-order valence-electron chi connectivity index (χ4n) is 1.62. The summed E-state index contributed by atoms with van der Waals surface area (Å²) in [6.45, 7) is 0.956. The number of aliphatic imine (C=N–C) groups is 2. The van der Waals surface area contributed by atoms with E-state index in [1.807, 2.05) is 0 Å². The molecule has 21 heavy (non-hydrogen) atoms. The molecule has 0 aromatic heterocycles. The van der Waals surface area contributed by atoms with Crippen LogP contribution in [-0.2, 0) is 17.1 Å². The molecule has 0 spiro atoms. The largest absolute Gasteiger partial charge is 2.00 e. The van der Waals surface area contributed by atoms with Crippen LogP contribution in [0.2, 0.25) is 0 Å². The van der Waals surface area contributed by atoms with Crippen molar-refractivity contribution in [1.82, 2.24) is 0 Å². The van der Waals surface area contributed by atoms with Crippen molar-refractivity contribution in [3.05, 3.63) is 59.7 Å². The van der Waals surface area contributed by atoms with Gasteiger partial charge in [-0.1, -0.05) is 48.5 Å². The van der Waals surface area contributed by atoms with E-state index in [1.54, 1.807) is 48.8 Å². The second kappa shape index (κ2) is 8.95. The predicted octanol–water partition coefficient (Wildman–Crippen LogP) is 1.37. The molecule has 108 valence electrons. The van der Waals surface area contributed by atoms with Crippen LogP contribution in [0, 0.1) is 0 Å². The maximum atomic E-state index is 11.4. The minimum atomic E-state index is -0.0416. The Balaban J connectivity index is 0.00000220. The number of para-hydroxylation sites is 2. The molecule has 0 aliphatic carbocycles. The molecule has 2 rings (SSSR count). The van der Waals surface area contributed by atoms with Crippen molar-refractivity contribution in [3.8, 4) is 11.5 Å². The standard InChI is InChI=1S/C16H16N2O2.Fe/c19-15-7-3-1-5-13(15)11-17-9-10-18-12-14-6-2-4-8-16(14)20;/h1-8,11-12,19-20H,9-10H2;/q;+2/p-2. The Morgan fingerprint density at radius 2 is 1.10 bits per heavy atom. The fraction of sp³-hybridized carbons (Fsp3) is 0.125. The van der Waals surface area contributed by atoms with Crippen molar-refractivity contribution in [2.24, 2.45) is 9.98 Å². The summed E-state index contributed by atoms with van der Waals surface area (Å²) in [6.07, 6.45) is 3.11. The van der Waals surface area contributed by atoms with Crippen LogP contribution >= 0.6 is 0 Å². The molecule has 0 amide bonds. The summed E-state index contributed by atoms with van der Waals surface area (Å²) in [4.78, 5) is 8.28. The Morgan fingerprint density at radius 1 is 0.714 bits per heavy atom. The molecule has 4 nitrogen and oxygen atoms in total. The molecule has 0 bridgehead atoms. The molecule has 0 fully saturated rings. The maximum absolute atomic E-state index is 11.4. The van der Waals surface area contributed by atoms with Crippen molar-refractivity contribution in [3.63, 3.8) is 0 Å². The molecule has 0 radical (unpaired) electrons. The number of hydrogen-bond acceptors (Lipinski definition) is 4. The number of benzene rings is 2. The third-order valence-electron chi connectivity index (χ3n) is 2.66. The van der Waals surface area contributed by atoms with Gasteiger partial charge in [-0.05, 0) is 11.1 Å². The summed E-state index contributed by atoms with van der Waals surface area (Å²) in [5, 5.41) is 22.8. The topological polar surface area (TPSA) is 70.8 Å². The number of hydrogen-bond donors (Lipinski definition) is 0. The zero-order chi connectivity index (χ0) is 14.2. The Labute approximate surface area is 134 Å². The predicted molar refractivity (Wildman–Crippen MR) is 76.7 cm³/mol. The van der Waals surface area contributed by atoms with Gasteiger partial charge in [-0.15, -0.1) is 11.5 Å². The molecule has 0 saturated carbocycles. The van der Waals surface area contributed by atoms with Gasteiger partial charge in [-0.3, -0.25) is 9.98 Å². The Hall–Kier alpha value is -2.10. The summed E-state index contributed by atoms with van der Waals surface area (Å²) in [5.41, 5.74) is 1.14. The van der Waals surface area contributed by atoms with Gasteiger partial charge in [0.2, 0.25) is 0 Å². The summed E-state index contributed by atoms with van der Waals surface area (Å²) < 4.78 is 0. The summed E-state index contributed by atoms with van der Waals surface area (Å²) in [6, 6.07) is 13.5. The maximum Gasteiger partial charge on any atom is 2.00 e. The van der Waals surface area contributed by atoms with Crippen molar-refractivity contribution in [1.29, 1.82) is 0 Å². The summed E-state index contributed by atoms with van der Waals surface area (Å²) >= 11 is 0. The van der Waals surface area contributed by atoms with Gasteiger partial charge in [0.05, 0.1) is 13.1 Å². The SMILES string of the molecule is [Fe+2].[O-]c1ccccc1C=NCCN=Cc1ccccc1[O-]. The summed E-state index contributed by atoms with van der Waals surface area (Å²) in [7, 11) is 0. The van der Waals surface area contributed by atoms with Crippen molar-refractivity contribution >= 4 is 12.4 Å². The monoisotopic (exact) mass is 322 g/mol. The molecule has 5 heteroatoms. The van der Waals surface area contributed by atoms with Crippen LogP contribution < -0.4 is 10.2 Å². The smallest absolute Gasteiger partial charge is 0.872 e. The van der Waals surface area contributed by atoms with Gasteiger partial charge in [0.25, 0.3) is 0 Å². The van der Waals surface area contributed by atoms with Crippen LogP contribution in [0.5, 0.6) is 11.5 Å². The first-order valence-electron chi connectivity index (χ1n) is 6.29. The molecule has 0 unspecified atom stereocenters. The van der Waals surface area contributed by atoms with E-state index in [1.165, 1.54) is 12.1 Å². The first-order chi connectivity index (χ1) is 9.77. The van der Waals surface area contributed by atoms with E-state index in [0.717, 1.165) is 0 Å². The first kappa shape index (κ1) is 17.0. The number of nitrogens with zero attached hydrogens (tertiary/aromatic N) is 2. The third-order valence-corrected chi connectivity index (χ3v) is 2.66. The average molecular weight is 322 g/mol. The Morgan fingerprint density at radius 3 is 1.48 bits per heavy atom. The second-order valence-electron chi connectivity index (χ2n) is 4.15. The van der Waals surface area contributed by atoms with Gasteiger partial charge in [-0.25, -0.2) is 0 Å². The van der Waals surface area contributed by atoms with Crippen LogP contribution in [0.1, 0.15) is 11.1 Å². The van der Waals surface area contributed by atoms with E-state index in [9.17, 15) is 10.2 Å². The molecule has 2 aromatic rings. The molecule has 0 heterocycles. The zero-order valence-corrected chi connectivity index (χ0v) is 12.4.